The van der Waals surface area contributed by atoms with E-state index in [2.05, 4.69) is 0 Å². The number of rotatable bonds is 8. The topological polar surface area (TPSA) is 86.3 Å². The second-order valence-electron chi connectivity index (χ2n) is 9.39. The van der Waals surface area contributed by atoms with E-state index in [-0.39, 0.29) is 12.2 Å². The molecule has 2 aromatic heterocycles. The third-order valence-corrected chi connectivity index (χ3v) is 7.63. The highest BCUT2D eigenvalue weighted by molar-refractivity contribution is 7.07. The molecular weight excluding hydrogens is 514 g/mol. The van der Waals surface area contributed by atoms with Crippen LogP contribution in [-0.4, -0.2) is 38.3 Å². The number of hydrogen-bond acceptors (Lipinski definition) is 8. The zero-order valence-electron chi connectivity index (χ0n) is 22.7. The summed E-state index contributed by atoms with van der Waals surface area (Å²) in [6.07, 6.45) is 3.06. The van der Waals surface area contributed by atoms with Gasteiger partial charge in [0.25, 0.3) is 5.56 Å². The summed E-state index contributed by atoms with van der Waals surface area (Å²) in [6.45, 7) is 4.01. The van der Waals surface area contributed by atoms with Crippen molar-refractivity contribution >= 4 is 40.0 Å². The van der Waals surface area contributed by atoms with Crippen LogP contribution in [0.15, 0.2) is 74.0 Å². The predicted octanol–water partition coefficient (Wildman–Crippen LogP) is 4.40. The maximum Gasteiger partial charge on any atom is 0.338 e. The van der Waals surface area contributed by atoms with Gasteiger partial charge < -0.3 is 18.8 Å². The molecule has 1 aliphatic rings. The molecule has 0 spiro atoms. The van der Waals surface area contributed by atoms with Crippen LogP contribution in [-0.2, 0) is 9.53 Å². The van der Waals surface area contributed by atoms with Gasteiger partial charge in [0.15, 0.2) is 10.7 Å². The Morgan fingerprint density at radius 1 is 1.15 bits per heavy atom. The Hall–Kier alpha value is -4.11. The molecule has 0 radical (unpaired) electrons. The number of nitrogens with zero attached hydrogens (tertiary/aromatic N) is 3. The van der Waals surface area contributed by atoms with Crippen molar-refractivity contribution in [3.05, 3.63) is 90.8 Å². The molecule has 2 aromatic carbocycles. The summed E-state index contributed by atoms with van der Waals surface area (Å²) in [7, 11) is 5.37. The summed E-state index contributed by atoms with van der Waals surface area (Å²) >= 11 is 1.28. The van der Waals surface area contributed by atoms with Crippen molar-refractivity contribution in [3.8, 4) is 5.75 Å². The largest absolute Gasteiger partial charge is 0.496 e. The zero-order valence-corrected chi connectivity index (χ0v) is 23.5. The number of thiazole rings is 1. The molecule has 5 rings (SSSR count). The number of furan rings is 1. The van der Waals surface area contributed by atoms with Crippen LogP contribution < -0.4 is 24.5 Å². The van der Waals surface area contributed by atoms with Crippen molar-refractivity contribution in [1.82, 2.24) is 4.57 Å². The SMILES string of the molecule is CCCC1=C(C(=O)OCC)C(c2c(OC)ccc3ccccc23)n2c(s/c(=C/c3ccc(N(C)C)o3)c2=O)=N1. The van der Waals surface area contributed by atoms with Crippen molar-refractivity contribution in [2.45, 2.75) is 32.7 Å². The fourth-order valence-electron chi connectivity index (χ4n) is 4.92. The van der Waals surface area contributed by atoms with Crippen molar-refractivity contribution in [2.24, 2.45) is 4.99 Å². The maximum absolute atomic E-state index is 14.1. The number of esters is 1. The molecule has 1 unspecified atom stereocenters. The first-order chi connectivity index (χ1) is 18.9. The van der Waals surface area contributed by atoms with E-state index in [9.17, 15) is 9.59 Å². The van der Waals surface area contributed by atoms with E-state index in [1.165, 1.54) is 11.3 Å². The highest BCUT2D eigenvalue weighted by Crippen LogP contribution is 2.41. The average molecular weight is 546 g/mol. The van der Waals surface area contributed by atoms with E-state index in [1.54, 1.807) is 24.7 Å². The number of carbonyl (C=O) groups excluding carboxylic acids is 1. The van der Waals surface area contributed by atoms with E-state index in [0.29, 0.717) is 44.4 Å². The van der Waals surface area contributed by atoms with Gasteiger partial charge in [0.05, 0.1) is 29.5 Å². The number of anilines is 1. The Balaban J connectivity index is 1.85. The first-order valence-corrected chi connectivity index (χ1v) is 13.7. The van der Waals surface area contributed by atoms with Crippen molar-refractivity contribution in [3.63, 3.8) is 0 Å². The molecule has 0 bridgehead atoms. The molecule has 0 saturated heterocycles. The average Bonchev–Trinajstić information content (AvgIpc) is 3.52. The summed E-state index contributed by atoms with van der Waals surface area (Å²) in [6, 6.07) is 14.6. The summed E-state index contributed by atoms with van der Waals surface area (Å²) in [4.78, 5) is 34.9. The minimum Gasteiger partial charge on any atom is -0.496 e. The molecule has 0 N–H and O–H groups in total. The number of aromatic nitrogens is 1. The van der Waals surface area contributed by atoms with Crippen LogP contribution in [0.3, 0.4) is 0 Å². The number of methoxy groups -OCH3 is 1. The molecule has 3 heterocycles. The Morgan fingerprint density at radius 2 is 1.95 bits per heavy atom. The van der Waals surface area contributed by atoms with Crippen LogP contribution in [0.25, 0.3) is 16.8 Å². The summed E-state index contributed by atoms with van der Waals surface area (Å²) in [5.41, 5.74) is 1.44. The van der Waals surface area contributed by atoms with Crippen LogP contribution in [0.5, 0.6) is 5.75 Å². The number of carbonyl (C=O) groups is 1. The van der Waals surface area contributed by atoms with Gasteiger partial charge in [-0.3, -0.25) is 9.36 Å². The fraction of sp³-hybridized carbons (Fsp3) is 0.300. The lowest BCUT2D eigenvalue weighted by Crippen LogP contribution is -2.40. The lowest BCUT2D eigenvalue weighted by molar-refractivity contribution is -0.139. The monoisotopic (exact) mass is 545 g/mol. The fourth-order valence-corrected chi connectivity index (χ4v) is 5.92. The van der Waals surface area contributed by atoms with Crippen LogP contribution in [0, 0.1) is 0 Å². The van der Waals surface area contributed by atoms with Crippen molar-refractivity contribution in [2.75, 3.05) is 32.7 Å². The van der Waals surface area contributed by atoms with Gasteiger partial charge >= 0.3 is 5.97 Å². The third kappa shape index (κ3) is 4.78. The second-order valence-corrected chi connectivity index (χ2v) is 10.4. The van der Waals surface area contributed by atoms with Crippen molar-refractivity contribution < 1.29 is 18.7 Å². The van der Waals surface area contributed by atoms with E-state index in [0.717, 1.165) is 22.8 Å². The Bertz CT molecular complexity index is 1760. The first-order valence-electron chi connectivity index (χ1n) is 12.9. The number of benzene rings is 2. The van der Waals surface area contributed by atoms with Gasteiger partial charge in [0, 0.05) is 31.8 Å². The second kappa shape index (κ2) is 10.9. The minimum absolute atomic E-state index is 0.207. The zero-order chi connectivity index (χ0) is 27.7. The highest BCUT2D eigenvalue weighted by atomic mass is 32.1. The number of hydrogen-bond donors (Lipinski definition) is 0. The predicted molar refractivity (Wildman–Crippen MR) is 153 cm³/mol. The van der Waals surface area contributed by atoms with Gasteiger partial charge in [-0.2, -0.15) is 0 Å². The minimum atomic E-state index is -0.779. The van der Waals surface area contributed by atoms with E-state index < -0.39 is 12.0 Å². The summed E-state index contributed by atoms with van der Waals surface area (Å²) in [5, 5.41) is 1.86. The molecule has 202 valence electrons. The number of allylic oxidation sites excluding steroid dienone is 1. The lowest BCUT2D eigenvalue weighted by Gasteiger charge is -2.28. The molecule has 4 aromatic rings. The Morgan fingerprint density at radius 3 is 2.64 bits per heavy atom. The quantitative estimate of drug-likeness (QED) is 0.305. The van der Waals surface area contributed by atoms with Gasteiger partial charge in [-0.25, -0.2) is 9.79 Å². The first kappa shape index (κ1) is 26.5. The third-order valence-electron chi connectivity index (χ3n) is 6.64. The van der Waals surface area contributed by atoms with E-state index in [1.807, 2.05) is 74.4 Å². The van der Waals surface area contributed by atoms with Crippen LogP contribution in [0.4, 0.5) is 5.88 Å². The molecule has 0 fully saturated rings. The molecule has 1 atom stereocenters. The molecule has 8 nitrogen and oxygen atoms in total. The van der Waals surface area contributed by atoms with E-state index >= 15 is 0 Å². The van der Waals surface area contributed by atoms with Gasteiger partial charge in [-0.1, -0.05) is 55.0 Å². The maximum atomic E-state index is 14.1. The van der Waals surface area contributed by atoms with E-state index in [4.69, 9.17) is 18.9 Å². The summed E-state index contributed by atoms with van der Waals surface area (Å²) in [5.74, 6) is 1.33. The molecule has 9 heteroatoms. The Kier molecular flexibility index (Phi) is 7.43. The lowest BCUT2D eigenvalue weighted by atomic mass is 9.90. The van der Waals surface area contributed by atoms with Crippen LogP contribution >= 0.6 is 11.3 Å². The number of ether oxygens (including phenoxy) is 2. The van der Waals surface area contributed by atoms with Crippen LogP contribution in [0.1, 0.15) is 44.1 Å². The van der Waals surface area contributed by atoms with Crippen molar-refractivity contribution in [1.29, 1.82) is 0 Å². The highest BCUT2D eigenvalue weighted by Gasteiger charge is 2.37. The van der Waals surface area contributed by atoms with Gasteiger partial charge in [0.2, 0.25) is 0 Å². The van der Waals surface area contributed by atoms with Crippen LogP contribution in [0.2, 0.25) is 0 Å². The van der Waals surface area contributed by atoms with Gasteiger partial charge in [0.1, 0.15) is 17.6 Å². The number of fused-ring (bicyclic) bond motifs is 2. The molecule has 0 amide bonds. The molecular formula is C30H31N3O5S. The normalized spacial score (nSPS) is 15.3. The summed E-state index contributed by atoms with van der Waals surface area (Å²) < 4.78 is 19.3. The van der Waals surface area contributed by atoms with Gasteiger partial charge in [-0.05, 0) is 36.2 Å². The molecule has 39 heavy (non-hydrogen) atoms. The molecule has 0 aliphatic carbocycles. The molecule has 1 aliphatic heterocycles. The molecule has 0 saturated carbocycles. The smallest absolute Gasteiger partial charge is 0.338 e. The standard InChI is InChI=1S/C30H31N3O5S/c1-6-10-21-26(29(35)37-7-2)27(25-20-12-9-8-11-18(20)13-15-22(25)36-5)33-28(34)23(39-30(33)31-21)17-19-14-16-24(38-19)32(3)4/h8-9,11-17,27H,6-7,10H2,1-5H3/b23-17+. The van der Waals surface area contributed by atoms with Gasteiger partial charge in [-0.15, -0.1) is 0 Å². The Labute approximate surface area is 230 Å².